The summed E-state index contributed by atoms with van der Waals surface area (Å²) < 4.78 is 18.7. The molecule has 0 bridgehead atoms. The minimum absolute atomic E-state index is 0. The van der Waals surface area contributed by atoms with E-state index >= 15 is 0 Å². The van der Waals surface area contributed by atoms with Crippen LogP contribution in [-0.4, -0.2) is 43.1 Å². The molecule has 0 aliphatic carbocycles. The van der Waals surface area contributed by atoms with Gasteiger partial charge in [0.1, 0.15) is 11.9 Å². The van der Waals surface area contributed by atoms with Gasteiger partial charge in [0.15, 0.2) is 0 Å². The number of hydrogen-bond donors (Lipinski definition) is 1. The Kier molecular flexibility index (Phi) is 5.56. The van der Waals surface area contributed by atoms with Gasteiger partial charge in [0, 0.05) is 6.54 Å². The molecule has 4 nitrogen and oxygen atoms in total. The fourth-order valence-electron chi connectivity index (χ4n) is 2.84. The van der Waals surface area contributed by atoms with Gasteiger partial charge in [-0.05, 0) is 37.1 Å². The number of carbonyl (C=O) groups is 1. The third kappa shape index (κ3) is 3.73. The molecule has 2 aliphatic rings. The minimum atomic E-state index is -0.257. The number of hydrogen-bond acceptors (Lipinski definition) is 3. The maximum Gasteiger partial charge on any atom is 0.239 e. The lowest BCUT2D eigenvalue weighted by atomic mass is 10.1. The highest BCUT2D eigenvalue weighted by Crippen LogP contribution is 2.23. The van der Waals surface area contributed by atoms with Gasteiger partial charge in [0.25, 0.3) is 0 Å². The van der Waals surface area contributed by atoms with Crippen molar-refractivity contribution in [1.29, 1.82) is 0 Å². The topological polar surface area (TPSA) is 41.6 Å². The van der Waals surface area contributed by atoms with Gasteiger partial charge >= 0.3 is 0 Å². The molecule has 0 radical (unpaired) electrons. The van der Waals surface area contributed by atoms with Crippen LogP contribution >= 0.6 is 12.4 Å². The second-order valence-corrected chi connectivity index (χ2v) is 5.34. The number of amides is 1. The summed E-state index contributed by atoms with van der Waals surface area (Å²) in [7, 11) is 0. The van der Waals surface area contributed by atoms with Crippen molar-refractivity contribution < 1.29 is 13.9 Å². The largest absolute Gasteiger partial charge is 0.370 e. The molecular weight excluding hydrogens is 295 g/mol. The van der Waals surface area contributed by atoms with E-state index in [2.05, 4.69) is 5.32 Å². The van der Waals surface area contributed by atoms with Crippen molar-refractivity contribution in [2.24, 2.45) is 0 Å². The number of morpholine rings is 1. The Morgan fingerprint density at radius 3 is 2.76 bits per heavy atom. The number of nitrogens with zero attached hydrogens (tertiary/aromatic N) is 1. The number of nitrogens with one attached hydrogen (secondary N) is 1. The van der Waals surface area contributed by atoms with Crippen molar-refractivity contribution >= 4 is 18.3 Å². The summed E-state index contributed by atoms with van der Waals surface area (Å²) >= 11 is 0. The van der Waals surface area contributed by atoms with E-state index in [1.165, 1.54) is 12.1 Å². The summed E-state index contributed by atoms with van der Waals surface area (Å²) in [6.07, 6.45) is 1.81. The van der Waals surface area contributed by atoms with Gasteiger partial charge in [-0.25, -0.2) is 4.39 Å². The van der Waals surface area contributed by atoms with Crippen molar-refractivity contribution in [3.05, 3.63) is 35.6 Å². The predicted octanol–water partition coefficient (Wildman–Crippen LogP) is 1.90. The van der Waals surface area contributed by atoms with Crippen LogP contribution in [0, 0.1) is 5.82 Å². The summed E-state index contributed by atoms with van der Waals surface area (Å²) in [5, 5.41) is 3.23. The van der Waals surface area contributed by atoms with Crippen molar-refractivity contribution in [2.75, 3.05) is 26.2 Å². The second-order valence-electron chi connectivity index (χ2n) is 5.34. The Morgan fingerprint density at radius 2 is 2.10 bits per heavy atom. The van der Waals surface area contributed by atoms with Crippen LogP contribution in [0.25, 0.3) is 0 Å². The van der Waals surface area contributed by atoms with E-state index in [9.17, 15) is 9.18 Å². The molecule has 1 aromatic carbocycles. The van der Waals surface area contributed by atoms with Crippen LogP contribution in [0.4, 0.5) is 4.39 Å². The number of carbonyl (C=O) groups excluding carboxylic acids is 1. The number of rotatable bonds is 2. The standard InChI is InChI=1S/C15H19FN2O2.ClH/c16-12-5-3-11(4-6-12)14-10-18(8-9-20-14)15(19)13-2-1-7-17-13;/h3-6,13-14,17H,1-2,7-10H2;1H. The SMILES string of the molecule is Cl.O=C(C1CCCN1)N1CCOC(c2ccc(F)cc2)C1. The first kappa shape index (κ1) is 16.2. The third-order valence-corrected chi connectivity index (χ3v) is 3.98. The second kappa shape index (κ2) is 7.20. The van der Waals surface area contributed by atoms with E-state index in [4.69, 9.17) is 4.74 Å². The van der Waals surface area contributed by atoms with E-state index in [1.54, 1.807) is 12.1 Å². The zero-order chi connectivity index (χ0) is 13.9. The first-order valence-electron chi connectivity index (χ1n) is 7.13. The Hall–Kier alpha value is -1.17. The van der Waals surface area contributed by atoms with Crippen LogP contribution in [0.2, 0.25) is 0 Å². The first-order chi connectivity index (χ1) is 9.74. The van der Waals surface area contributed by atoms with E-state index in [0.717, 1.165) is 24.9 Å². The zero-order valence-corrected chi connectivity index (χ0v) is 12.6. The van der Waals surface area contributed by atoms with Gasteiger partial charge in [-0.1, -0.05) is 12.1 Å². The molecule has 3 rings (SSSR count). The molecule has 2 unspecified atom stereocenters. The molecule has 0 aromatic heterocycles. The average Bonchev–Trinajstić information content (AvgIpc) is 3.01. The van der Waals surface area contributed by atoms with Gasteiger partial charge in [0.05, 0.1) is 19.2 Å². The lowest BCUT2D eigenvalue weighted by molar-refractivity contribution is -0.140. The Morgan fingerprint density at radius 1 is 1.33 bits per heavy atom. The molecule has 21 heavy (non-hydrogen) atoms. The molecule has 2 saturated heterocycles. The molecule has 6 heteroatoms. The van der Waals surface area contributed by atoms with Gasteiger partial charge in [-0.2, -0.15) is 0 Å². The van der Waals surface area contributed by atoms with Gasteiger partial charge in [0.2, 0.25) is 5.91 Å². The highest BCUT2D eigenvalue weighted by Gasteiger charge is 2.31. The van der Waals surface area contributed by atoms with Crippen LogP contribution in [0.5, 0.6) is 0 Å². The predicted molar refractivity (Wildman–Crippen MR) is 79.9 cm³/mol. The number of benzene rings is 1. The summed E-state index contributed by atoms with van der Waals surface area (Å²) in [5.74, 6) is -0.0921. The molecule has 1 aromatic rings. The maximum absolute atomic E-state index is 12.9. The molecule has 1 N–H and O–H groups in total. The van der Waals surface area contributed by atoms with Crippen molar-refractivity contribution in [3.8, 4) is 0 Å². The van der Waals surface area contributed by atoms with Crippen molar-refractivity contribution in [1.82, 2.24) is 10.2 Å². The molecule has 2 atom stereocenters. The molecular formula is C15H20ClFN2O2. The van der Waals surface area contributed by atoms with Gasteiger partial charge < -0.3 is 15.0 Å². The summed E-state index contributed by atoms with van der Waals surface area (Å²) in [6.45, 7) is 2.62. The van der Waals surface area contributed by atoms with Crippen LogP contribution < -0.4 is 5.32 Å². The highest BCUT2D eigenvalue weighted by atomic mass is 35.5. The lowest BCUT2D eigenvalue weighted by Gasteiger charge is -2.34. The molecule has 2 aliphatic heterocycles. The minimum Gasteiger partial charge on any atom is -0.370 e. The monoisotopic (exact) mass is 314 g/mol. The Bertz CT molecular complexity index is 477. The number of halogens is 2. The van der Waals surface area contributed by atoms with Crippen LogP contribution in [0.1, 0.15) is 24.5 Å². The first-order valence-corrected chi connectivity index (χ1v) is 7.13. The summed E-state index contributed by atoms with van der Waals surface area (Å²) in [5.41, 5.74) is 0.920. The highest BCUT2D eigenvalue weighted by molar-refractivity contribution is 5.85. The molecule has 1 amide bonds. The number of ether oxygens (including phenoxy) is 1. The normalized spacial score (nSPS) is 25.5. The molecule has 2 heterocycles. The van der Waals surface area contributed by atoms with Crippen molar-refractivity contribution in [3.63, 3.8) is 0 Å². The summed E-state index contributed by atoms with van der Waals surface area (Å²) in [4.78, 5) is 14.2. The molecule has 0 saturated carbocycles. The quantitative estimate of drug-likeness (QED) is 0.906. The molecule has 2 fully saturated rings. The van der Waals surface area contributed by atoms with Crippen molar-refractivity contribution in [2.45, 2.75) is 25.0 Å². The fraction of sp³-hybridized carbons (Fsp3) is 0.533. The smallest absolute Gasteiger partial charge is 0.239 e. The van der Waals surface area contributed by atoms with Crippen LogP contribution in [-0.2, 0) is 9.53 Å². The van der Waals surface area contributed by atoms with Gasteiger partial charge in [-0.3, -0.25) is 4.79 Å². The summed E-state index contributed by atoms with van der Waals surface area (Å²) in [6, 6.07) is 6.27. The maximum atomic E-state index is 12.9. The Balaban J connectivity index is 0.00000161. The Labute approximate surface area is 130 Å². The van der Waals surface area contributed by atoms with E-state index < -0.39 is 0 Å². The zero-order valence-electron chi connectivity index (χ0n) is 11.8. The van der Waals surface area contributed by atoms with Gasteiger partial charge in [-0.15, -0.1) is 12.4 Å². The van der Waals surface area contributed by atoms with E-state index in [-0.39, 0.29) is 36.3 Å². The van der Waals surface area contributed by atoms with Crippen LogP contribution in [0.15, 0.2) is 24.3 Å². The van der Waals surface area contributed by atoms with E-state index in [0.29, 0.717) is 19.7 Å². The van der Waals surface area contributed by atoms with Crippen LogP contribution in [0.3, 0.4) is 0 Å². The molecule has 0 spiro atoms. The fourth-order valence-corrected chi connectivity index (χ4v) is 2.84. The molecule has 116 valence electrons. The third-order valence-electron chi connectivity index (χ3n) is 3.98. The lowest BCUT2D eigenvalue weighted by Crippen LogP contribution is -2.49. The average molecular weight is 315 g/mol. The van der Waals surface area contributed by atoms with E-state index in [1.807, 2.05) is 4.90 Å².